The van der Waals surface area contributed by atoms with E-state index in [0.717, 1.165) is 6.07 Å². The van der Waals surface area contributed by atoms with Gasteiger partial charge in [0.15, 0.2) is 5.75 Å². The molecule has 2 aromatic rings. The molecule has 5 heteroatoms. The maximum Gasteiger partial charge on any atom is 0.255 e. The topological polar surface area (TPSA) is 45.9 Å². The second kappa shape index (κ2) is 5.23. The van der Waals surface area contributed by atoms with Crippen LogP contribution >= 0.6 is 0 Å². The Morgan fingerprint density at radius 1 is 1.28 bits per heavy atom. The average molecular weight is 246 g/mol. The zero-order valence-electron chi connectivity index (χ0n) is 9.23. The molecule has 0 saturated carbocycles. The summed E-state index contributed by atoms with van der Waals surface area (Å²) in [6.45, 7) is -0.125. The van der Waals surface area contributed by atoms with Crippen molar-refractivity contribution in [1.29, 1.82) is 5.26 Å². The molecule has 0 unspecified atom stereocenters. The molecule has 1 aromatic heterocycles. The first-order valence-corrected chi connectivity index (χ1v) is 5.12. The van der Waals surface area contributed by atoms with E-state index in [-0.39, 0.29) is 23.5 Å². The van der Waals surface area contributed by atoms with Crippen molar-refractivity contribution in [3.8, 4) is 11.8 Å². The predicted molar refractivity (Wildman–Crippen MR) is 59.6 cm³/mol. The van der Waals surface area contributed by atoms with Gasteiger partial charge in [-0.3, -0.25) is 0 Å². The molecule has 0 radical (unpaired) electrons. The van der Waals surface area contributed by atoms with Crippen LogP contribution in [0.4, 0.5) is 8.78 Å². The summed E-state index contributed by atoms with van der Waals surface area (Å²) in [7, 11) is 0. The fraction of sp³-hybridized carbons (Fsp3) is 0.0769. The first kappa shape index (κ1) is 12.0. The van der Waals surface area contributed by atoms with Gasteiger partial charge in [0.1, 0.15) is 12.4 Å². The number of nitriles is 1. The van der Waals surface area contributed by atoms with E-state index in [1.165, 1.54) is 30.5 Å². The molecular weight excluding hydrogens is 238 g/mol. The van der Waals surface area contributed by atoms with E-state index in [4.69, 9.17) is 10.00 Å². The first-order chi connectivity index (χ1) is 8.70. The minimum Gasteiger partial charge on any atom is -0.484 e. The number of halogens is 2. The summed E-state index contributed by atoms with van der Waals surface area (Å²) >= 11 is 0. The van der Waals surface area contributed by atoms with Gasteiger partial charge in [0.2, 0.25) is 0 Å². The van der Waals surface area contributed by atoms with Crippen LogP contribution < -0.4 is 4.74 Å². The molecule has 0 spiro atoms. The van der Waals surface area contributed by atoms with Crippen LogP contribution in [0, 0.1) is 23.1 Å². The van der Waals surface area contributed by atoms with Crippen molar-refractivity contribution in [2.24, 2.45) is 0 Å². The highest BCUT2D eigenvalue weighted by Crippen LogP contribution is 2.17. The molecule has 0 aliphatic carbocycles. The second-order valence-electron chi connectivity index (χ2n) is 3.50. The lowest BCUT2D eigenvalue weighted by Crippen LogP contribution is -2.01. The first-order valence-electron chi connectivity index (χ1n) is 5.12. The standard InChI is InChI=1S/C13H8F2N2O/c14-11-6-9(7-16)3-4-10(11)8-18-12-2-1-5-17-13(12)15/h1-6H,8H2. The van der Waals surface area contributed by atoms with E-state index in [0.29, 0.717) is 0 Å². The molecule has 1 heterocycles. The largest absolute Gasteiger partial charge is 0.484 e. The quantitative estimate of drug-likeness (QED) is 0.782. The monoisotopic (exact) mass is 246 g/mol. The van der Waals surface area contributed by atoms with Crippen molar-refractivity contribution < 1.29 is 13.5 Å². The fourth-order valence-electron chi connectivity index (χ4n) is 1.37. The summed E-state index contributed by atoms with van der Waals surface area (Å²) in [5.41, 5.74) is 0.473. The Balaban J connectivity index is 2.12. The van der Waals surface area contributed by atoms with E-state index >= 15 is 0 Å². The molecule has 0 aliphatic rings. The Hall–Kier alpha value is -2.48. The summed E-state index contributed by atoms with van der Waals surface area (Å²) in [6.07, 6.45) is 1.30. The lowest BCUT2D eigenvalue weighted by molar-refractivity contribution is 0.280. The highest BCUT2D eigenvalue weighted by molar-refractivity contribution is 5.33. The third-order valence-electron chi connectivity index (χ3n) is 2.29. The lowest BCUT2D eigenvalue weighted by atomic mass is 10.1. The van der Waals surface area contributed by atoms with Gasteiger partial charge in [-0.15, -0.1) is 0 Å². The van der Waals surface area contributed by atoms with Gasteiger partial charge in [-0.05, 0) is 24.3 Å². The van der Waals surface area contributed by atoms with E-state index in [1.807, 2.05) is 6.07 Å². The molecule has 0 fully saturated rings. The summed E-state index contributed by atoms with van der Waals surface area (Å²) in [5, 5.41) is 8.59. The Morgan fingerprint density at radius 2 is 2.11 bits per heavy atom. The maximum absolute atomic E-state index is 13.5. The van der Waals surface area contributed by atoms with Gasteiger partial charge in [-0.2, -0.15) is 9.65 Å². The fourth-order valence-corrected chi connectivity index (χ4v) is 1.37. The number of hydrogen-bond acceptors (Lipinski definition) is 3. The van der Waals surface area contributed by atoms with Crippen LogP contribution in [0.15, 0.2) is 36.5 Å². The third-order valence-corrected chi connectivity index (χ3v) is 2.29. The van der Waals surface area contributed by atoms with Crippen LogP contribution in [-0.4, -0.2) is 4.98 Å². The lowest BCUT2D eigenvalue weighted by Gasteiger charge is -2.07. The maximum atomic E-state index is 13.5. The van der Waals surface area contributed by atoms with E-state index in [1.54, 1.807) is 0 Å². The third kappa shape index (κ3) is 2.61. The molecule has 18 heavy (non-hydrogen) atoms. The zero-order valence-corrected chi connectivity index (χ0v) is 9.23. The zero-order chi connectivity index (χ0) is 13.0. The second-order valence-corrected chi connectivity index (χ2v) is 3.50. The number of rotatable bonds is 3. The number of nitrogens with zero attached hydrogens (tertiary/aromatic N) is 2. The number of ether oxygens (including phenoxy) is 1. The van der Waals surface area contributed by atoms with Crippen molar-refractivity contribution >= 4 is 0 Å². The van der Waals surface area contributed by atoms with Crippen LogP contribution in [0.5, 0.6) is 5.75 Å². The Morgan fingerprint density at radius 3 is 2.78 bits per heavy atom. The Labute approximate surface area is 102 Å². The van der Waals surface area contributed by atoms with Crippen LogP contribution in [0.3, 0.4) is 0 Å². The van der Waals surface area contributed by atoms with Crippen molar-refractivity contribution in [1.82, 2.24) is 4.98 Å². The molecular formula is C13H8F2N2O. The SMILES string of the molecule is N#Cc1ccc(COc2cccnc2F)c(F)c1. The average Bonchev–Trinajstić information content (AvgIpc) is 2.39. The van der Waals surface area contributed by atoms with Crippen molar-refractivity contribution in [2.75, 3.05) is 0 Å². The van der Waals surface area contributed by atoms with Crippen molar-refractivity contribution in [3.05, 3.63) is 59.4 Å². The molecule has 1 aromatic carbocycles. The molecule has 0 atom stereocenters. The molecule has 90 valence electrons. The molecule has 0 N–H and O–H groups in total. The molecule has 0 bridgehead atoms. The van der Waals surface area contributed by atoms with Gasteiger partial charge >= 0.3 is 0 Å². The predicted octanol–water partition coefficient (Wildman–Crippen LogP) is 2.81. The summed E-state index contributed by atoms with van der Waals surface area (Å²) < 4.78 is 31.8. The summed E-state index contributed by atoms with van der Waals surface area (Å²) in [5.74, 6) is -1.34. The number of pyridine rings is 1. The Kier molecular flexibility index (Phi) is 3.49. The van der Waals surface area contributed by atoms with E-state index in [9.17, 15) is 8.78 Å². The molecule has 0 aliphatic heterocycles. The molecule has 2 rings (SSSR count). The van der Waals surface area contributed by atoms with Gasteiger partial charge in [-0.1, -0.05) is 6.07 Å². The van der Waals surface area contributed by atoms with Gasteiger partial charge in [0.05, 0.1) is 11.6 Å². The van der Waals surface area contributed by atoms with Gasteiger partial charge < -0.3 is 4.74 Å². The molecule has 0 saturated heterocycles. The molecule has 3 nitrogen and oxygen atoms in total. The smallest absolute Gasteiger partial charge is 0.255 e. The number of hydrogen-bond donors (Lipinski definition) is 0. The number of benzene rings is 1. The normalized spacial score (nSPS) is 9.83. The van der Waals surface area contributed by atoms with Crippen molar-refractivity contribution in [3.63, 3.8) is 0 Å². The van der Waals surface area contributed by atoms with E-state index in [2.05, 4.69) is 4.98 Å². The van der Waals surface area contributed by atoms with Gasteiger partial charge in [0.25, 0.3) is 5.95 Å². The van der Waals surface area contributed by atoms with Gasteiger partial charge in [0, 0.05) is 11.8 Å². The Bertz CT molecular complexity index is 608. The number of aromatic nitrogens is 1. The van der Waals surface area contributed by atoms with Gasteiger partial charge in [-0.25, -0.2) is 9.37 Å². The van der Waals surface area contributed by atoms with E-state index < -0.39 is 11.8 Å². The van der Waals surface area contributed by atoms with Crippen LogP contribution in [0.25, 0.3) is 0 Å². The van der Waals surface area contributed by atoms with Crippen molar-refractivity contribution in [2.45, 2.75) is 6.61 Å². The highest BCUT2D eigenvalue weighted by Gasteiger charge is 2.07. The van der Waals surface area contributed by atoms with Crippen LogP contribution in [-0.2, 0) is 6.61 Å². The molecule has 0 amide bonds. The summed E-state index contributed by atoms with van der Waals surface area (Å²) in [6, 6.07) is 8.77. The minimum atomic E-state index is -0.744. The van der Waals surface area contributed by atoms with Crippen LogP contribution in [0.1, 0.15) is 11.1 Å². The van der Waals surface area contributed by atoms with Crippen LogP contribution in [0.2, 0.25) is 0 Å². The minimum absolute atomic E-state index is 0.0405. The summed E-state index contributed by atoms with van der Waals surface area (Å²) in [4.78, 5) is 3.41. The highest BCUT2D eigenvalue weighted by atomic mass is 19.1.